The van der Waals surface area contributed by atoms with Crippen molar-refractivity contribution in [2.75, 3.05) is 40.3 Å². The maximum Gasteiger partial charge on any atom is 0.415 e. The zero-order chi connectivity index (χ0) is 21.5. The van der Waals surface area contributed by atoms with Crippen LogP contribution in [0.25, 0.3) is 11.1 Å². The molecule has 0 radical (unpaired) electrons. The van der Waals surface area contributed by atoms with Gasteiger partial charge in [0, 0.05) is 31.7 Å². The van der Waals surface area contributed by atoms with E-state index in [4.69, 9.17) is 9.47 Å². The van der Waals surface area contributed by atoms with Crippen LogP contribution in [0.2, 0.25) is 0 Å². The van der Waals surface area contributed by atoms with E-state index in [1.807, 2.05) is 42.5 Å². The molecule has 158 valence electrons. The standard InChI is InChI=1S/C25H30N2O3/c1-5-7-19-9-11-24(29-4)22(17-19)20-10-12-23(21(18-20)8-6-2)30-25(28)27-15-13-26(3)14-16-27/h5-6,9-12,17-18H,1-2,7-8,13-16H2,3-4H3. The average Bonchev–Trinajstić information content (AvgIpc) is 2.75. The fourth-order valence-electron chi connectivity index (χ4n) is 3.58. The monoisotopic (exact) mass is 406 g/mol. The summed E-state index contributed by atoms with van der Waals surface area (Å²) in [5.74, 6) is 1.37. The second-order valence-electron chi connectivity index (χ2n) is 7.50. The lowest BCUT2D eigenvalue weighted by atomic mass is 9.97. The number of piperazine rings is 1. The lowest BCUT2D eigenvalue weighted by Crippen LogP contribution is -2.48. The topological polar surface area (TPSA) is 42.0 Å². The molecular weight excluding hydrogens is 376 g/mol. The Kier molecular flexibility index (Phi) is 7.31. The highest BCUT2D eigenvalue weighted by molar-refractivity contribution is 5.75. The summed E-state index contributed by atoms with van der Waals surface area (Å²) in [6.07, 6.45) is 4.80. The minimum Gasteiger partial charge on any atom is -0.496 e. The largest absolute Gasteiger partial charge is 0.496 e. The van der Waals surface area contributed by atoms with E-state index in [9.17, 15) is 4.79 Å². The summed E-state index contributed by atoms with van der Waals surface area (Å²) < 4.78 is 11.3. The van der Waals surface area contributed by atoms with Gasteiger partial charge in [-0.2, -0.15) is 0 Å². The molecule has 1 saturated heterocycles. The molecule has 2 aromatic rings. The van der Waals surface area contributed by atoms with Crippen molar-refractivity contribution in [3.8, 4) is 22.6 Å². The maximum atomic E-state index is 12.6. The van der Waals surface area contributed by atoms with E-state index in [0.29, 0.717) is 25.3 Å². The van der Waals surface area contributed by atoms with E-state index in [1.165, 1.54) is 0 Å². The molecule has 0 unspecified atom stereocenters. The summed E-state index contributed by atoms with van der Waals surface area (Å²) in [4.78, 5) is 16.6. The number of carbonyl (C=O) groups excluding carboxylic acids is 1. The van der Waals surface area contributed by atoms with Crippen LogP contribution in [0.5, 0.6) is 11.5 Å². The Morgan fingerprint density at radius 2 is 1.70 bits per heavy atom. The van der Waals surface area contributed by atoms with Crippen molar-refractivity contribution in [2.24, 2.45) is 0 Å². The molecule has 5 heteroatoms. The van der Waals surface area contributed by atoms with Crippen molar-refractivity contribution in [2.45, 2.75) is 12.8 Å². The highest BCUT2D eigenvalue weighted by Crippen LogP contribution is 2.34. The zero-order valence-electron chi connectivity index (χ0n) is 17.9. The smallest absolute Gasteiger partial charge is 0.415 e. The molecule has 0 aliphatic carbocycles. The van der Waals surface area contributed by atoms with Gasteiger partial charge in [-0.3, -0.25) is 0 Å². The highest BCUT2D eigenvalue weighted by atomic mass is 16.6. The van der Waals surface area contributed by atoms with E-state index < -0.39 is 0 Å². The third kappa shape index (κ3) is 5.10. The number of carbonyl (C=O) groups is 1. The Balaban J connectivity index is 1.88. The molecular formula is C25H30N2O3. The Bertz CT molecular complexity index is 915. The average molecular weight is 407 g/mol. The fraction of sp³-hybridized carbons (Fsp3) is 0.320. The number of hydrogen-bond acceptors (Lipinski definition) is 4. The van der Waals surface area contributed by atoms with E-state index in [-0.39, 0.29) is 6.09 Å². The predicted octanol–water partition coefficient (Wildman–Crippen LogP) is 4.57. The van der Waals surface area contributed by atoms with Crippen LogP contribution >= 0.6 is 0 Å². The van der Waals surface area contributed by atoms with Crippen LogP contribution in [-0.2, 0) is 12.8 Å². The Labute approximate surface area is 179 Å². The van der Waals surface area contributed by atoms with Crippen molar-refractivity contribution in [1.29, 1.82) is 0 Å². The number of amides is 1. The Morgan fingerprint density at radius 1 is 1.00 bits per heavy atom. The molecule has 1 aliphatic rings. The lowest BCUT2D eigenvalue weighted by Gasteiger charge is -2.31. The van der Waals surface area contributed by atoms with Gasteiger partial charge in [-0.05, 0) is 60.8 Å². The second kappa shape index (κ2) is 10.1. The van der Waals surface area contributed by atoms with Crippen LogP contribution < -0.4 is 9.47 Å². The van der Waals surface area contributed by atoms with Gasteiger partial charge in [0.1, 0.15) is 11.5 Å². The number of rotatable bonds is 7. The summed E-state index contributed by atoms with van der Waals surface area (Å²) >= 11 is 0. The quantitative estimate of drug-likeness (QED) is 0.632. The molecule has 3 rings (SSSR count). The number of methoxy groups -OCH3 is 1. The number of ether oxygens (including phenoxy) is 2. The van der Waals surface area contributed by atoms with E-state index in [1.54, 1.807) is 12.0 Å². The Hall–Kier alpha value is -3.05. The van der Waals surface area contributed by atoms with Gasteiger partial charge in [-0.1, -0.05) is 24.3 Å². The Morgan fingerprint density at radius 3 is 2.37 bits per heavy atom. The van der Waals surface area contributed by atoms with Gasteiger partial charge in [-0.25, -0.2) is 4.79 Å². The van der Waals surface area contributed by atoms with Crippen molar-refractivity contribution < 1.29 is 14.3 Å². The van der Waals surface area contributed by atoms with Crippen LogP contribution in [0.3, 0.4) is 0 Å². The molecule has 30 heavy (non-hydrogen) atoms. The lowest BCUT2D eigenvalue weighted by molar-refractivity contribution is 0.120. The fourth-order valence-corrected chi connectivity index (χ4v) is 3.58. The predicted molar refractivity (Wildman–Crippen MR) is 121 cm³/mol. The van der Waals surface area contributed by atoms with Crippen LogP contribution in [0, 0.1) is 0 Å². The van der Waals surface area contributed by atoms with Gasteiger partial charge >= 0.3 is 6.09 Å². The summed E-state index contributed by atoms with van der Waals surface area (Å²) in [5.41, 5.74) is 4.09. The van der Waals surface area contributed by atoms with E-state index in [2.05, 4.69) is 31.2 Å². The van der Waals surface area contributed by atoms with E-state index in [0.717, 1.165) is 47.5 Å². The number of benzene rings is 2. The molecule has 0 aromatic heterocycles. The van der Waals surface area contributed by atoms with Crippen molar-refractivity contribution in [3.05, 3.63) is 72.8 Å². The molecule has 1 heterocycles. The van der Waals surface area contributed by atoms with Crippen molar-refractivity contribution in [1.82, 2.24) is 9.80 Å². The van der Waals surface area contributed by atoms with Crippen LogP contribution in [0.4, 0.5) is 4.79 Å². The van der Waals surface area contributed by atoms with E-state index >= 15 is 0 Å². The molecule has 1 aliphatic heterocycles. The van der Waals surface area contributed by atoms with Crippen LogP contribution in [0.15, 0.2) is 61.7 Å². The molecule has 2 aromatic carbocycles. The first-order valence-electron chi connectivity index (χ1n) is 10.2. The molecule has 5 nitrogen and oxygen atoms in total. The number of allylic oxidation sites excluding steroid dienone is 2. The maximum absolute atomic E-state index is 12.6. The summed E-state index contributed by atoms with van der Waals surface area (Å²) in [7, 11) is 3.73. The summed E-state index contributed by atoms with van der Waals surface area (Å²) in [6, 6.07) is 12.0. The van der Waals surface area contributed by atoms with Gasteiger partial charge in [-0.15, -0.1) is 13.2 Å². The SMILES string of the molecule is C=CCc1ccc(OC)c(-c2ccc(OC(=O)N3CCN(C)CC3)c(CC=C)c2)c1. The van der Waals surface area contributed by atoms with Gasteiger partial charge in [0.2, 0.25) is 0 Å². The molecule has 0 saturated carbocycles. The number of hydrogen-bond donors (Lipinski definition) is 0. The number of nitrogens with zero attached hydrogens (tertiary/aromatic N) is 2. The van der Waals surface area contributed by atoms with Crippen molar-refractivity contribution in [3.63, 3.8) is 0 Å². The van der Waals surface area contributed by atoms with Crippen LogP contribution in [-0.4, -0.2) is 56.2 Å². The first-order chi connectivity index (χ1) is 14.5. The zero-order valence-corrected chi connectivity index (χ0v) is 17.9. The van der Waals surface area contributed by atoms with Gasteiger partial charge < -0.3 is 19.3 Å². The van der Waals surface area contributed by atoms with Gasteiger partial charge in [0.15, 0.2) is 0 Å². The normalized spacial score (nSPS) is 14.3. The third-order valence-corrected chi connectivity index (χ3v) is 5.34. The van der Waals surface area contributed by atoms with Gasteiger partial charge in [0.25, 0.3) is 0 Å². The molecule has 1 amide bonds. The minimum absolute atomic E-state index is 0.299. The summed E-state index contributed by atoms with van der Waals surface area (Å²) in [6.45, 7) is 10.7. The molecule has 0 bridgehead atoms. The van der Waals surface area contributed by atoms with Crippen molar-refractivity contribution >= 4 is 6.09 Å². The molecule has 1 fully saturated rings. The highest BCUT2D eigenvalue weighted by Gasteiger charge is 2.22. The van der Waals surface area contributed by atoms with Crippen LogP contribution in [0.1, 0.15) is 11.1 Å². The summed E-state index contributed by atoms with van der Waals surface area (Å²) in [5, 5.41) is 0. The second-order valence-corrected chi connectivity index (χ2v) is 7.50. The molecule has 0 N–H and O–H groups in total. The minimum atomic E-state index is -0.299. The van der Waals surface area contributed by atoms with Gasteiger partial charge in [0.05, 0.1) is 7.11 Å². The molecule has 0 atom stereocenters. The number of likely N-dealkylation sites (N-methyl/N-ethyl adjacent to an activating group) is 1. The first kappa shape index (κ1) is 21.7. The third-order valence-electron chi connectivity index (χ3n) is 5.34. The first-order valence-corrected chi connectivity index (χ1v) is 10.2. The molecule has 0 spiro atoms.